The van der Waals surface area contributed by atoms with E-state index in [4.69, 9.17) is 21.4 Å². The Balaban J connectivity index is 2.80. The summed E-state index contributed by atoms with van der Waals surface area (Å²) in [6.07, 6.45) is 0. The maximum absolute atomic E-state index is 10.1. The van der Waals surface area contributed by atoms with E-state index >= 15 is 0 Å². The molecule has 0 aromatic carbocycles. The highest BCUT2D eigenvalue weighted by Gasteiger charge is 2.19. The van der Waals surface area contributed by atoms with Gasteiger partial charge in [-0.25, -0.2) is 4.57 Å². The van der Waals surface area contributed by atoms with Gasteiger partial charge in [-0.05, 0) is 26.9 Å². The molecular weight excluding hydrogens is 198 g/mol. The molecule has 1 aromatic rings. The van der Waals surface area contributed by atoms with Crippen LogP contribution < -0.4 is 4.62 Å². The van der Waals surface area contributed by atoms with Gasteiger partial charge in [0.05, 0.1) is 0 Å². The van der Waals surface area contributed by atoms with Crippen LogP contribution in [0.4, 0.5) is 0 Å². The first-order valence-electron chi connectivity index (χ1n) is 2.18. The fourth-order valence-electron chi connectivity index (χ4n) is 0.319. The second-order valence-electron chi connectivity index (χ2n) is 1.39. The minimum Gasteiger partial charge on any atom is -0.292 e. The Bertz CT molecular complexity index is 292. The van der Waals surface area contributed by atoms with Gasteiger partial charge in [-0.3, -0.25) is 14.4 Å². The molecule has 0 aliphatic heterocycles. The molecule has 1 rings (SSSR count). The number of hydrogen-bond donors (Lipinski definition) is 2. The van der Waals surface area contributed by atoms with Crippen LogP contribution >= 0.6 is 19.4 Å². The Morgan fingerprint density at radius 2 is 2.27 bits per heavy atom. The van der Waals surface area contributed by atoms with E-state index in [1.54, 1.807) is 0 Å². The maximum Gasteiger partial charge on any atom is 0.545 e. The summed E-state index contributed by atoms with van der Waals surface area (Å²) in [4.78, 5) is 16.8. The lowest BCUT2D eigenvalue weighted by molar-refractivity contribution is 0.151. The normalized spacial score (nSPS) is 11.5. The van der Waals surface area contributed by atoms with Crippen molar-refractivity contribution in [3.05, 3.63) is 5.28 Å². The van der Waals surface area contributed by atoms with Crippen LogP contribution in [0, 0.1) is 0 Å². The molecule has 0 spiro atoms. The average Bonchev–Trinajstić information content (AvgIpc) is 2.12. The molecule has 0 atom stereocenters. The first-order valence-corrected chi connectivity index (χ1v) is 4.09. The zero-order valence-electron chi connectivity index (χ0n) is 4.82. The third-order valence-corrected chi connectivity index (χ3v) is 1.18. The van der Waals surface area contributed by atoms with E-state index in [9.17, 15) is 4.57 Å². The minimum atomic E-state index is -4.65. The molecule has 0 unspecified atom stereocenters. The third kappa shape index (κ3) is 2.43. The fourth-order valence-corrected chi connectivity index (χ4v) is 0.781. The standard InChI is InChI=1S/CH2ClN4O4P/c2-1-3-4-5-6(1)10-11(7,8)9/h(H2,7,8,9). The van der Waals surface area contributed by atoms with Crippen molar-refractivity contribution in [1.29, 1.82) is 0 Å². The lowest BCUT2D eigenvalue weighted by Crippen LogP contribution is -2.10. The summed E-state index contributed by atoms with van der Waals surface area (Å²) >= 11 is 5.20. The molecule has 10 heteroatoms. The number of nitrogens with zero attached hydrogens (tertiary/aromatic N) is 4. The first-order chi connectivity index (χ1) is 4.99. The summed E-state index contributed by atoms with van der Waals surface area (Å²) in [5.74, 6) is 0. The number of hydrogen-bond acceptors (Lipinski definition) is 5. The molecular formula is CH2ClN4O4P. The smallest absolute Gasteiger partial charge is 0.292 e. The summed E-state index contributed by atoms with van der Waals surface area (Å²) in [6, 6.07) is 0. The third-order valence-electron chi connectivity index (χ3n) is 0.590. The van der Waals surface area contributed by atoms with E-state index in [2.05, 4.69) is 20.1 Å². The number of aromatic nitrogens is 4. The second-order valence-corrected chi connectivity index (χ2v) is 2.88. The quantitative estimate of drug-likeness (QED) is 0.580. The van der Waals surface area contributed by atoms with Gasteiger partial charge in [-0.1, -0.05) is 5.10 Å². The Labute approximate surface area is 64.9 Å². The number of rotatable bonds is 2. The molecule has 1 aromatic heterocycles. The van der Waals surface area contributed by atoms with E-state index in [-0.39, 0.29) is 5.28 Å². The second kappa shape index (κ2) is 2.74. The molecule has 0 aliphatic carbocycles. The van der Waals surface area contributed by atoms with Gasteiger partial charge >= 0.3 is 7.82 Å². The van der Waals surface area contributed by atoms with Crippen molar-refractivity contribution in [2.75, 3.05) is 0 Å². The van der Waals surface area contributed by atoms with Crippen LogP contribution in [-0.4, -0.2) is 30.2 Å². The van der Waals surface area contributed by atoms with Gasteiger partial charge in [0, 0.05) is 0 Å². The van der Waals surface area contributed by atoms with Crippen LogP contribution in [0.25, 0.3) is 0 Å². The van der Waals surface area contributed by atoms with Crippen LogP contribution in [0.15, 0.2) is 0 Å². The van der Waals surface area contributed by atoms with E-state index in [0.29, 0.717) is 4.85 Å². The molecule has 0 aliphatic rings. The molecule has 62 valence electrons. The summed E-state index contributed by atoms with van der Waals surface area (Å²) in [7, 11) is -4.65. The molecule has 0 radical (unpaired) electrons. The molecule has 1 heterocycles. The van der Waals surface area contributed by atoms with Crippen molar-refractivity contribution >= 4 is 19.4 Å². The van der Waals surface area contributed by atoms with Gasteiger partial charge < -0.3 is 0 Å². The average molecular weight is 200 g/mol. The molecule has 11 heavy (non-hydrogen) atoms. The Morgan fingerprint density at radius 1 is 1.64 bits per heavy atom. The number of tetrazole rings is 1. The Morgan fingerprint density at radius 3 is 2.64 bits per heavy atom. The van der Waals surface area contributed by atoms with Gasteiger partial charge in [-0.2, -0.15) is 0 Å². The van der Waals surface area contributed by atoms with Gasteiger partial charge in [0.25, 0.3) is 5.28 Å². The van der Waals surface area contributed by atoms with Crippen LogP contribution in [0.5, 0.6) is 0 Å². The van der Waals surface area contributed by atoms with E-state index in [0.717, 1.165) is 0 Å². The van der Waals surface area contributed by atoms with E-state index in [1.807, 2.05) is 0 Å². The molecule has 0 saturated heterocycles. The highest BCUT2D eigenvalue weighted by atomic mass is 35.5. The highest BCUT2D eigenvalue weighted by molar-refractivity contribution is 7.46. The summed E-state index contributed by atoms with van der Waals surface area (Å²) in [6.45, 7) is 0. The summed E-state index contributed by atoms with van der Waals surface area (Å²) < 4.78 is 14.0. The molecule has 0 bridgehead atoms. The zero-order chi connectivity index (χ0) is 8.48. The van der Waals surface area contributed by atoms with Crippen molar-refractivity contribution in [3.63, 3.8) is 0 Å². The largest absolute Gasteiger partial charge is 0.545 e. The van der Waals surface area contributed by atoms with E-state index in [1.165, 1.54) is 0 Å². The number of halogens is 1. The van der Waals surface area contributed by atoms with E-state index < -0.39 is 7.82 Å². The van der Waals surface area contributed by atoms with Gasteiger partial charge in [0.1, 0.15) is 0 Å². The molecule has 0 fully saturated rings. The lowest BCUT2D eigenvalue weighted by atomic mass is 11.4. The molecule has 0 saturated carbocycles. The van der Waals surface area contributed by atoms with Crippen LogP contribution in [-0.2, 0) is 4.57 Å². The summed E-state index contributed by atoms with van der Waals surface area (Å²) in [5, 5.41) is 8.71. The van der Waals surface area contributed by atoms with Crippen molar-refractivity contribution in [1.82, 2.24) is 20.4 Å². The van der Waals surface area contributed by atoms with Crippen molar-refractivity contribution in [2.24, 2.45) is 0 Å². The number of phosphoric acid groups is 1. The van der Waals surface area contributed by atoms with Gasteiger partial charge in [0.15, 0.2) is 0 Å². The van der Waals surface area contributed by atoms with Crippen molar-refractivity contribution in [2.45, 2.75) is 0 Å². The fraction of sp³-hybridized carbons (Fsp3) is 0. The van der Waals surface area contributed by atoms with Crippen LogP contribution in [0.2, 0.25) is 5.28 Å². The molecule has 0 amide bonds. The zero-order valence-corrected chi connectivity index (χ0v) is 6.48. The molecule has 8 nitrogen and oxygen atoms in total. The first kappa shape index (κ1) is 8.41. The van der Waals surface area contributed by atoms with Crippen molar-refractivity contribution in [3.8, 4) is 0 Å². The topological polar surface area (TPSA) is 110 Å². The summed E-state index contributed by atoms with van der Waals surface area (Å²) in [5.41, 5.74) is 0. The maximum atomic E-state index is 10.1. The van der Waals surface area contributed by atoms with Crippen LogP contribution in [0.3, 0.4) is 0 Å². The SMILES string of the molecule is O=P(O)(O)On1nnnc1Cl. The predicted molar refractivity (Wildman–Crippen MR) is 31.5 cm³/mol. The highest BCUT2D eigenvalue weighted by Crippen LogP contribution is 2.31. The van der Waals surface area contributed by atoms with Gasteiger partial charge in [0.2, 0.25) is 0 Å². The lowest BCUT2D eigenvalue weighted by Gasteiger charge is -2.02. The Hall–Kier alpha value is -0.690. The Kier molecular flexibility index (Phi) is 2.10. The predicted octanol–water partition coefficient (Wildman–Crippen LogP) is -1.15. The van der Waals surface area contributed by atoms with Crippen molar-refractivity contribution < 1.29 is 19.0 Å². The van der Waals surface area contributed by atoms with Gasteiger partial charge in [-0.15, -0.1) is 0 Å². The van der Waals surface area contributed by atoms with Crippen LogP contribution in [0.1, 0.15) is 0 Å². The minimum absolute atomic E-state index is 0.322. The molecule has 2 N–H and O–H groups in total. The monoisotopic (exact) mass is 200 g/mol.